The van der Waals surface area contributed by atoms with Gasteiger partial charge in [-0.15, -0.1) is 0 Å². The molecule has 1 aromatic rings. The summed E-state index contributed by atoms with van der Waals surface area (Å²) in [5, 5.41) is 3.57. The average molecular weight is 249 g/mol. The van der Waals surface area contributed by atoms with Gasteiger partial charge < -0.3 is 10.1 Å². The molecule has 0 heterocycles. The fourth-order valence-corrected chi connectivity index (χ4v) is 2.08. The Morgan fingerprint density at radius 3 is 2.39 bits per heavy atom. The Morgan fingerprint density at radius 2 is 1.83 bits per heavy atom. The van der Waals surface area contributed by atoms with E-state index in [0.29, 0.717) is 11.5 Å². The second-order valence-electron chi connectivity index (χ2n) is 5.78. The highest BCUT2D eigenvalue weighted by Crippen LogP contribution is 2.23. The molecule has 1 unspecified atom stereocenters. The van der Waals surface area contributed by atoms with Crippen LogP contribution in [0.2, 0.25) is 0 Å². The van der Waals surface area contributed by atoms with Gasteiger partial charge in [0.1, 0.15) is 5.75 Å². The molecule has 0 aliphatic heterocycles. The predicted molar refractivity (Wildman–Crippen MR) is 78.1 cm³/mol. The molecule has 1 rings (SSSR count). The number of rotatable bonds is 7. The first-order valence-electron chi connectivity index (χ1n) is 6.95. The summed E-state index contributed by atoms with van der Waals surface area (Å²) >= 11 is 0. The fourth-order valence-electron chi connectivity index (χ4n) is 2.08. The Morgan fingerprint density at radius 1 is 1.17 bits per heavy atom. The lowest BCUT2D eigenvalue weighted by atomic mass is 9.84. The van der Waals surface area contributed by atoms with Crippen LogP contribution in [0.5, 0.6) is 5.75 Å². The molecule has 18 heavy (non-hydrogen) atoms. The van der Waals surface area contributed by atoms with E-state index < -0.39 is 0 Å². The van der Waals surface area contributed by atoms with Crippen molar-refractivity contribution in [2.75, 3.05) is 13.2 Å². The van der Waals surface area contributed by atoms with E-state index in [4.69, 9.17) is 4.74 Å². The molecule has 1 aromatic carbocycles. The van der Waals surface area contributed by atoms with Gasteiger partial charge in [-0.1, -0.05) is 45.9 Å². The smallest absolute Gasteiger partial charge is 0.119 e. The molecule has 0 saturated heterocycles. The Bertz CT molecular complexity index is 316. The Labute approximate surface area is 112 Å². The van der Waals surface area contributed by atoms with Gasteiger partial charge in [0.05, 0.1) is 6.61 Å². The number of benzene rings is 1. The highest BCUT2D eigenvalue weighted by molar-refractivity contribution is 5.20. The maximum atomic E-state index is 5.72. The van der Waals surface area contributed by atoms with Gasteiger partial charge in [0, 0.05) is 6.04 Å². The molecular weight excluding hydrogens is 222 g/mol. The molecule has 2 nitrogen and oxygen atoms in total. The molecule has 0 aromatic heterocycles. The first kappa shape index (κ1) is 15.0. The van der Waals surface area contributed by atoms with Gasteiger partial charge in [0.15, 0.2) is 0 Å². The fraction of sp³-hybridized carbons (Fsp3) is 0.625. The second-order valence-corrected chi connectivity index (χ2v) is 5.78. The highest BCUT2D eigenvalue weighted by Gasteiger charge is 2.22. The summed E-state index contributed by atoms with van der Waals surface area (Å²) in [7, 11) is 0. The maximum absolute atomic E-state index is 5.72. The number of para-hydroxylation sites is 1. The third-order valence-corrected chi connectivity index (χ3v) is 3.14. The standard InChI is InChI=1S/C16H27NO/c1-5-17-15(16(2,3)4)12-9-13-18-14-10-7-6-8-11-14/h6-8,10-11,15,17H,5,9,12-13H2,1-4H3. The molecule has 0 bridgehead atoms. The van der Waals surface area contributed by atoms with Crippen molar-refractivity contribution >= 4 is 0 Å². The largest absolute Gasteiger partial charge is 0.494 e. The predicted octanol–water partition coefficient (Wildman–Crippen LogP) is 3.87. The van der Waals surface area contributed by atoms with Crippen LogP contribution in [0.4, 0.5) is 0 Å². The van der Waals surface area contributed by atoms with Gasteiger partial charge in [-0.05, 0) is 36.9 Å². The van der Waals surface area contributed by atoms with E-state index in [2.05, 4.69) is 33.0 Å². The zero-order chi connectivity index (χ0) is 13.4. The van der Waals surface area contributed by atoms with Crippen LogP contribution in [0.3, 0.4) is 0 Å². The average Bonchev–Trinajstić information content (AvgIpc) is 2.33. The SMILES string of the molecule is CCNC(CCCOc1ccccc1)C(C)(C)C. The molecule has 0 amide bonds. The third-order valence-electron chi connectivity index (χ3n) is 3.14. The topological polar surface area (TPSA) is 21.3 Å². The van der Waals surface area contributed by atoms with Crippen LogP contribution >= 0.6 is 0 Å². The summed E-state index contributed by atoms with van der Waals surface area (Å²) in [6, 6.07) is 10.6. The van der Waals surface area contributed by atoms with Crippen molar-refractivity contribution in [3.8, 4) is 5.75 Å². The lowest BCUT2D eigenvalue weighted by Gasteiger charge is -2.31. The molecular formula is C16H27NO. The van der Waals surface area contributed by atoms with Crippen LogP contribution in [-0.4, -0.2) is 19.2 Å². The van der Waals surface area contributed by atoms with Crippen molar-refractivity contribution < 1.29 is 4.74 Å². The van der Waals surface area contributed by atoms with E-state index in [-0.39, 0.29) is 0 Å². The minimum absolute atomic E-state index is 0.308. The number of hydrogen-bond donors (Lipinski definition) is 1. The first-order valence-corrected chi connectivity index (χ1v) is 6.95. The van der Waals surface area contributed by atoms with Crippen molar-refractivity contribution in [2.24, 2.45) is 5.41 Å². The molecule has 0 saturated carbocycles. The van der Waals surface area contributed by atoms with Crippen molar-refractivity contribution in [2.45, 2.75) is 46.6 Å². The summed E-state index contributed by atoms with van der Waals surface area (Å²) in [6.07, 6.45) is 2.24. The van der Waals surface area contributed by atoms with Crippen LogP contribution < -0.4 is 10.1 Å². The van der Waals surface area contributed by atoms with E-state index in [1.54, 1.807) is 0 Å². The van der Waals surface area contributed by atoms with E-state index >= 15 is 0 Å². The molecule has 1 atom stereocenters. The lowest BCUT2D eigenvalue weighted by molar-refractivity contribution is 0.231. The highest BCUT2D eigenvalue weighted by atomic mass is 16.5. The van der Waals surface area contributed by atoms with Crippen molar-refractivity contribution in [3.05, 3.63) is 30.3 Å². The zero-order valence-corrected chi connectivity index (χ0v) is 12.2. The van der Waals surface area contributed by atoms with Crippen LogP contribution in [-0.2, 0) is 0 Å². The number of hydrogen-bond acceptors (Lipinski definition) is 2. The quantitative estimate of drug-likeness (QED) is 0.741. The molecule has 0 aliphatic rings. The molecule has 2 heteroatoms. The van der Waals surface area contributed by atoms with E-state index in [1.807, 2.05) is 30.3 Å². The monoisotopic (exact) mass is 249 g/mol. The number of ether oxygens (including phenoxy) is 1. The molecule has 0 radical (unpaired) electrons. The Balaban J connectivity index is 2.27. The molecule has 0 spiro atoms. The minimum Gasteiger partial charge on any atom is -0.494 e. The van der Waals surface area contributed by atoms with Crippen molar-refractivity contribution in [3.63, 3.8) is 0 Å². The summed E-state index contributed by atoms with van der Waals surface area (Å²) in [5.74, 6) is 0.966. The van der Waals surface area contributed by atoms with Crippen LogP contribution in [0, 0.1) is 5.41 Å². The van der Waals surface area contributed by atoms with Gasteiger partial charge in [0.2, 0.25) is 0 Å². The summed E-state index contributed by atoms with van der Waals surface area (Å²) in [5.41, 5.74) is 0.308. The van der Waals surface area contributed by atoms with E-state index in [1.165, 1.54) is 0 Å². The molecule has 1 N–H and O–H groups in total. The summed E-state index contributed by atoms with van der Waals surface area (Å²) in [6.45, 7) is 10.9. The van der Waals surface area contributed by atoms with Crippen LogP contribution in [0.25, 0.3) is 0 Å². The summed E-state index contributed by atoms with van der Waals surface area (Å²) < 4.78 is 5.72. The van der Waals surface area contributed by atoms with Crippen LogP contribution in [0.15, 0.2) is 30.3 Å². The van der Waals surface area contributed by atoms with Gasteiger partial charge in [-0.25, -0.2) is 0 Å². The maximum Gasteiger partial charge on any atom is 0.119 e. The van der Waals surface area contributed by atoms with Crippen molar-refractivity contribution in [1.29, 1.82) is 0 Å². The minimum atomic E-state index is 0.308. The third kappa shape index (κ3) is 5.54. The summed E-state index contributed by atoms with van der Waals surface area (Å²) in [4.78, 5) is 0. The Hall–Kier alpha value is -1.02. The van der Waals surface area contributed by atoms with Crippen molar-refractivity contribution in [1.82, 2.24) is 5.32 Å². The molecule has 0 aliphatic carbocycles. The van der Waals surface area contributed by atoms with Gasteiger partial charge >= 0.3 is 0 Å². The molecule has 102 valence electrons. The number of nitrogens with one attached hydrogen (secondary N) is 1. The van der Waals surface area contributed by atoms with Gasteiger partial charge in [-0.2, -0.15) is 0 Å². The normalized spacial score (nSPS) is 13.3. The zero-order valence-electron chi connectivity index (χ0n) is 12.2. The van der Waals surface area contributed by atoms with Gasteiger partial charge in [-0.3, -0.25) is 0 Å². The Kier molecular flexibility index (Phi) is 6.20. The second kappa shape index (κ2) is 7.42. The molecule has 0 fully saturated rings. The van der Waals surface area contributed by atoms with E-state index in [0.717, 1.165) is 31.7 Å². The lowest BCUT2D eigenvalue weighted by Crippen LogP contribution is -2.40. The van der Waals surface area contributed by atoms with Gasteiger partial charge in [0.25, 0.3) is 0 Å². The van der Waals surface area contributed by atoms with E-state index in [9.17, 15) is 0 Å². The van der Waals surface area contributed by atoms with Crippen LogP contribution in [0.1, 0.15) is 40.5 Å². The first-order chi connectivity index (χ1) is 8.54.